The van der Waals surface area contributed by atoms with E-state index in [1.54, 1.807) is 14.0 Å². The Hall–Kier alpha value is -2.24. The zero-order valence-corrected chi connectivity index (χ0v) is 11.5. The van der Waals surface area contributed by atoms with Crippen molar-refractivity contribution in [1.29, 1.82) is 0 Å². The van der Waals surface area contributed by atoms with E-state index in [4.69, 9.17) is 0 Å². The first-order valence-corrected chi connectivity index (χ1v) is 6.41. The standard InChI is InChI=1S/C14H18N2O4/c1-14(13(20)15-2)5-6-16(8-14)12(19)10-7-9(17)3-4-11(10)18/h3-4,7,17-18H,5-6,8H2,1-2H3,(H,15,20). The molecule has 1 unspecified atom stereocenters. The van der Waals surface area contributed by atoms with Crippen molar-refractivity contribution in [2.45, 2.75) is 13.3 Å². The number of phenolic OH excluding ortho intramolecular Hbond substituents is 2. The van der Waals surface area contributed by atoms with Gasteiger partial charge >= 0.3 is 0 Å². The Kier molecular flexibility index (Phi) is 3.57. The van der Waals surface area contributed by atoms with E-state index in [-0.39, 0.29) is 28.9 Å². The van der Waals surface area contributed by atoms with Gasteiger partial charge < -0.3 is 20.4 Å². The summed E-state index contributed by atoms with van der Waals surface area (Å²) in [7, 11) is 1.57. The van der Waals surface area contributed by atoms with E-state index in [0.29, 0.717) is 19.5 Å². The molecule has 1 atom stereocenters. The number of hydrogen-bond donors (Lipinski definition) is 3. The first kappa shape index (κ1) is 14.2. The van der Waals surface area contributed by atoms with Crippen LogP contribution in [0, 0.1) is 5.41 Å². The van der Waals surface area contributed by atoms with Crippen molar-refractivity contribution in [2.24, 2.45) is 5.41 Å². The minimum atomic E-state index is -0.614. The molecule has 6 heteroatoms. The van der Waals surface area contributed by atoms with Gasteiger partial charge in [0.05, 0.1) is 11.0 Å². The third kappa shape index (κ3) is 2.41. The fourth-order valence-corrected chi connectivity index (χ4v) is 2.49. The Morgan fingerprint density at radius 3 is 2.70 bits per heavy atom. The molecule has 0 aromatic heterocycles. The summed E-state index contributed by atoms with van der Waals surface area (Å²) in [6, 6.07) is 3.81. The van der Waals surface area contributed by atoms with Gasteiger partial charge in [0.15, 0.2) is 0 Å². The fraction of sp³-hybridized carbons (Fsp3) is 0.429. The number of phenols is 2. The highest BCUT2D eigenvalue weighted by molar-refractivity contribution is 5.98. The summed E-state index contributed by atoms with van der Waals surface area (Å²) in [5, 5.41) is 21.7. The van der Waals surface area contributed by atoms with E-state index in [1.807, 2.05) is 0 Å². The van der Waals surface area contributed by atoms with Gasteiger partial charge in [-0.3, -0.25) is 9.59 Å². The van der Waals surface area contributed by atoms with Crippen molar-refractivity contribution in [3.8, 4) is 11.5 Å². The van der Waals surface area contributed by atoms with Gasteiger partial charge in [0.1, 0.15) is 11.5 Å². The maximum Gasteiger partial charge on any atom is 0.257 e. The van der Waals surface area contributed by atoms with Gasteiger partial charge in [-0.2, -0.15) is 0 Å². The smallest absolute Gasteiger partial charge is 0.257 e. The van der Waals surface area contributed by atoms with Crippen LogP contribution in [0.3, 0.4) is 0 Å². The lowest BCUT2D eigenvalue weighted by molar-refractivity contribution is -0.128. The molecule has 0 bridgehead atoms. The van der Waals surface area contributed by atoms with Crippen LogP contribution in [0.4, 0.5) is 0 Å². The van der Waals surface area contributed by atoms with Gasteiger partial charge in [-0.15, -0.1) is 0 Å². The summed E-state index contributed by atoms with van der Waals surface area (Å²) >= 11 is 0. The quantitative estimate of drug-likeness (QED) is 0.694. The Bertz CT molecular complexity index is 558. The molecule has 0 aliphatic carbocycles. The highest BCUT2D eigenvalue weighted by atomic mass is 16.3. The normalized spacial score (nSPS) is 21.8. The van der Waals surface area contributed by atoms with Crippen LogP contribution >= 0.6 is 0 Å². The summed E-state index contributed by atoms with van der Waals surface area (Å²) in [6.07, 6.45) is 0.567. The molecule has 1 aromatic rings. The van der Waals surface area contributed by atoms with E-state index in [0.717, 1.165) is 0 Å². The van der Waals surface area contributed by atoms with Crippen molar-refractivity contribution in [3.63, 3.8) is 0 Å². The van der Waals surface area contributed by atoms with Crippen LogP contribution in [0.15, 0.2) is 18.2 Å². The lowest BCUT2D eigenvalue weighted by Crippen LogP contribution is -2.40. The lowest BCUT2D eigenvalue weighted by atomic mass is 9.89. The summed E-state index contributed by atoms with van der Waals surface area (Å²) in [5.41, 5.74) is -0.567. The van der Waals surface area contributed by atoms with Gasteiger partial charge in [0, 0.05) is 20.1 Å². The molecule has 1 heterocycles. The molecular weight excluding hydrogens is 260 g/mol. The SMILES string of the molecule is CNC(=O)C1(C)CCN(C(=O)c2cc(O)ccc2O)C1. The second kappa shape index (κ2) is 5.03. The van der Waals surface area contributed by atoms with E-state index >= 15 is 0 Å². The Labute approximate surface area is 117 Å². The van der Waals surface area contributed by atoms with Crippen LogP contribution < -0.4 is 5.32 Å². The monoisotopic (exact) mass is 278 g/mol. The van der Waals surface area contributed by atoms with Crippen LogP contribution in [-0.4, -0.2) is 47.1 Å². The minimum absolute atomic E-state index is 0.0474. The molecule has 20 heavy (non-hydrogen) atoms. The second-order valence-corrected chi connectivity index (χ2v) is 5.32. The lowest BCUT2D eigenvalue weighted by Gasteiger charge is -2.23. The summed E-state index contributed by atoms with van der Waals surface area (Å²) in [4.78, 5) is 25.7. The van der Waals surface area contributed by atoms with Gasteiger partial charge in [-0.25, -0.2) is 0 Å². The average Bonchev–Trinajstić information content (AvgIpc) is 2.83. The molecular formula is C14H18N2O4. The maximum absolute atomic E-state index is 12.3. The average molecular weight is 278 g/mol. The molecule has 0 radical (unpaired) electrons. The number of carbonyl (C=O) groups excluding carboxylic acids is 2. The number of carbonyl (C=O) groups is 2. The van der Waals surface area contributed by atoms with Crippen LogP contribution in [-0.2, 0) is 4.79 Å². The van der Waals surface area contributed by atoms with Crippen LogP contribution in [0.25, 0.3) is 0 Å². The summed E-state index contributed by atoms with van der Waals surface area (Å²) < 4.78 is 0. The summed E-state index contributed by atoms with van der Waals surface area (Å²) in [6.45, 7) is 2.54. The third-order valence-corrected chi connectivity index (χ3v) is 3.75. The predicted molar refractivity (Wildman–Crippen MR) is 72.5 cm³/mol. The highest BCUT2D eigenvalue weighted by Crippen LogP contribution is 2.32. The first-order valence-electron chi connectivity index (χ1n) is 6.41. The number of benzene rings is 1. The Morgan fingerprint density at radius 2 is 2.05 bits per heavy atom. The first-order chi connectivity index (χ1) is 9.37. The van der Waals surface area contributed by atoms with Gasteiger partial charge in [0.25, 0.3) is 5.91 Å². The highest BCUT2D eigenvalue weighted by Gasteiger charge is 2.42. The molecule has 1 aliphatic heterocycles. The van der Waals surface area contributed by atoms with Crippen molar-refractivity contribution >= 4 is 11.8 Å². The molecule has 2 amide bonds. The maximum atomic E-state index is 12.3. The summed E-state index contributed by atoms with van der Waals surface area (Å²) in [5.74, 6) is -0.750. The molecule has 1 aromatic carbocycles. The minimum Gasteiger partial charge on any atom is -0.508 e. The van der Waals surface area contributed by atoms with E-state index in [1.165, 1.54) is 23.1 Å². The number of nitrogens with one attached hydrogen (secondary N) is 1. The molecule has 0 spiro atoms. The molecule has 3 N–H and O–H groups in total. The number of aromatic hydroxyl groups is 2. The van der Waals surface area contributed by atoms with Crippen LogP contribution in [0.2, 0.25) is 0 Å². The number of rotatable bonds is 2. The number of amides is 2. The van der Waals surface area contributed by atoms with Crippen LogP contribution in [0.1, 0.15) is 23.7 Å². The molecule has 6 nitrogen and oxygen atoms in total. The molecule has 1 fully saturated rings. The second-order valence-electron chi connectivity index (χ2n) is 5.32. The van der Waals surface area contributed by atoms with Gasteiger partial charge in [-0.1, -0.05) is 0 Å². The van der Waals surface area contributed by atoms with E-state index in [2.05, 4.69) is 5.32 Å². The van der Waals surface area contributed by atoms with Crippen molar-refractivity contribution in [2.75, 3.05) is 20.1 Å². The molecule has 2 rings (SSSR count). The largest absolute Gasteiger partial charge is 0.508 e. The van der Waals surface area contributed by atoms with Crippen molar-refractivity contribution in [1.82, 2.24) is 10.2 Å². The number of nitrogens with zero attached hydrogens (tertiary/aromatic N) is 1. The number of hydrogen-bond acceptors (Lipinski definition) is 4. The fourth-order valence-electron chi connectivity index (χ4n) is 2.49. The number of likely N-dealkylation sites (tertiary alicyclic amines) is 1. The van der Waals surface area contributed by atoms with Gasteiger partial charge in [0.2, 0.25) is 5.91 Å². The topological polar surface area (TPSA) is 89.9 Å². The zero-order chi connectivity index (χ0) is 14.9. The molecule has 108 valence electrons. The predicted octanol–water partition coefficient (Wildman–Crippen LogP) is 0.696. The van der Waals surface area contributed by atoms with Gasteiger partial charge in [-0.05, 0) is 31.5 Å². The van der Waals surface area contributed by atoms with E-state index < -0.39 is 5.41 Å². The Morgan fingerprint density at radius 1 is 1.35 bits per heavy atom. The third-order valence-electron chi connectivity index (χ3n) is 3.75. The molecule has 0 saturated carbocycles. The van der Waals surface area contributed by atoms with Crippen LogP contribution in [0.5, 0.6) is 11.5 Å². The zero-order valence-electron chi connectivity index (χ0n) is 11.5. The van der Waals surface area contributed by atoms with Crippen molar-refractivity contribution in [3.05, 3.63) is 23.8 Å². The molecule has 1 saturated heterocycles. The Balaban J connectivity index is 2.20. The van der Waals surface area contributed by atoms with Crippen molar-refractivity contribution < 1.29 is 19.8 Å². The van der Waals surface area contributed by atoms with E-state index in [9.17, 15) is 19.8 Å². The molecule has 1 aliphatic rings.